The Bertz CT molecular complexity index is 462. The number of hydrogen-bond donors (Lipinski definition) is 1. The van der Waals surface area contributed by atoms with Crippen molar-refractivity contribution in [3.8, 4) is 11.8 Å². The van der Waals surface area contributed by atoms with Crippen LogP contribution in [-0.2, 0) is 0 Å². The van der Waals surface area contributed by atoms with Crippen LogP contribution in [0.5, 0.6) is 5.75 Å². The zero-order chi connectivity index (χ0) is 13.2. The SMILES string of the molecule is CC(C#N)(COc1cc(F)cc(F)c1)NC1CC1. The zero-order valence-electron chi connectivity index (χ0n) is 10.0. The van der Waals surface area contributed by atoms with Crippen molar-refractivity contribution in [2.45, 2.75) is 31.3 Å². The summed E-state index contributed by atoms with van der Waals surface area (Å²) in [5.74, 6) is -1.30. The zero-order valence-corrected chi connectivity index (χ0v) is 10.0. The minimum atomic E-state index is -0.843. The highest BCUT2D eigenvalue weighted by Gasteiger charge is 2.33. The number of nitrogens with zero attached hydrogens (tertiary/aromatic N) is 1. The highest BCUT2D eigenvalue weighted by Crippen LogP contribution is 2.23. The minimum Gasteiger partial charge on any atom is -0.490 e. The van der Waals surface area contributed by atoms with Gasteiger partial charge in [-0.2, -0.15) is 5.26 Å². The maximum atomic E-state index is 12.9. The van der Waals surface area contributed by atoms with E-state index in [0.29, 0.717) is 6.04 Å². The van der Waals surface area contributed by atoms with Gasteiger partial charge in [0, 0.05) is 24.2 Å². The summed E-state index contributed by atoms with van der Waals surface area (Å²) in [7, 11) is 0. The van der Waals surface area contributed by atoms with Crippen LogP contribution in [0.1, 0.15) is 19.8 Å². The smallest absolute Gasteiger partial charge is 0.138 e. The van der Waals surface area contributed by atoms with Crippen LogP contribution >= 0.6 is 0 Å². The molecule has 1 atom stereocenters. The summed E-state index contributed by atoms with van der Waals surface area (Å²) in [4.78, 5) is 0. The van der Waals surface area contributed by atoms with Gasteiger partial charge in [0.1, 0.15) is 29.5 Å². The van der Waals surface area contributed by atoms with Crippen LogP contribution < -0.4 is 10.1 Å². The first-order valence-electron chi connectivity index (χ1n) is 5.79. The van der Waals surface area contributed by atoms with Crippen molar-refractivity contribution in [1.29, 1.82) is 5.26 Å². The molecule has 0 bridgehead atoms. The molecule has 0 radical (unpaired) electrons. The molecule has 1 aromatic rings. The molecule has 1 aromatic carbocycles. The van der Waals surface area contributed by atoms with Gasteiger partial charge in [-0.1, -0.05) is 0 Å². The number of benzene rings is 1. The van der Waals surface area contributed by atoms with Crippen LogP contribution in [0.3, 0.4) is 0 Å². The molecule has 0 amide bonds. The quantitative estimate of drug-likeness (QED) is 0.875. The third-order valence-corrected chi connectivity index (χ3v) is 2.71. The van der Waals surface area contributed by atoms with Crippen LogP contribution in [0.15, 0.2) is 18.2 Å². The van der Waals surface area contributed by atoms with Gasteiger partial charge < -0.3 is 4.74 Å². The first-order chi connectivity index (χ1) is 8.50. The summed E-state index contributed by atoms with van der Waals surface area (Å²) in [5.41, 5.74) is -0.843. The van der Waals surface area contributed by atoms with E-state index in [0.717, 1.165) is 31.0 Å². The van der Waals surface area contributed by atoms with Crippen molar-refractivity contribution < 1.29 is 13.5 Å². The van der Waals surface area contributed by atoms with Gasteiger partial charge in [-0.3, -0.25) is 5.32 Å². The molecule has 1 aliphatic carbocycles. The Kier molecular flexibility index (Phi) is 3.48. The summed E-state index contributed by atoms with van der Waals surface area (Å²) < 4.78 is 31.2. The highest BCUT2D eigenvalue weighted by molar-refractivity contribution is 5.24. The number of nitriles is 1. The summed E-state index contributed by atoms with van der Waals surface area (Å²) >= 11 is 0. The lowest BCUT2D eigenvalue weighted by Gasteiger charge is -2.23. The summed E-state index contributed by atoms with van der Waals surface area (Å²) in [6.45, 7) is 1.75. The third kappa shape index (κ3) is 3.41. The Balaban J connectivity index is 1.98. The van der Waals surface area contributed by atoms with Gasteiger partial charge in [0.15, 0.2) is 0 Å². The molecule has 96 valence electrons. The standard InChI is InChI=1S/C13H14F2N2O/c1-13(7-16,17-11-2-3-11)8-18-12-5-9(14)4-10(15)6-12/h4-6,11,17H,2-3,8H2,1H3. The Morgan fingerprint density at radius 3 is 2.50 bits per heavy atom. The van der Waals surface area contributed by atoms with Crippen molar-refractivity contribution in [2.75, 3.05) is 6.61 Å². The van der Waals surface area contributed by atoms with E-state index in [1.54, 1.807) is 6.92 Å². The molecular formula is C13H14F2N2O. The average molecular weight is 252 g/mol. The van der Waals surface area contributed by atoms with E-state index in [4.69, 9.17) is 10.00 Å². The number of nitrogens with one attached hydrogen (secondary N) is 1. The maximum Gasteiger partial charge on any atom is 0.138 e. The fraction of sp³-hybridized carbons (Fsp3) is 0.462. The van der Waals surface area contributed by atoms with Crippen LogP contribution in [-0.4, -0.2) is 18.2 Å². The molecule has 2 rings (SSSR count). The number of halogens is 2. The van der Waals surface area contributed by atoms with E-state index in [1.165, 1.54) is 0 Å². The maximum absolute atomic E-state index is 12.9. The van der Waals surface area contributed by atoms with E-state index in [1.807, 2.05) is 0 Å². The van der Waals surface area contributed by atoms with Gasteiger partial charge in [-0.25, -0.2) is 8.78 Å². The van der Waals surface area contributed by atoms with Crippen LogP contribution in [0, 0.1) is 23.0 Å². The lowest BCUT2D eigenvalue weighted by atomic mass is 10.1. The van der Waals surface area contributed by atoms with Gasteiger partial charge in [0.2, 0.25) is 0 Å². The summed E-state index contributed by atoms with van der Waals surface area (Å²) in [6, 6.07) is 5.44. The monoisotopic (exact) mass is 252 g/mol. The van der Waals surface area contributed by atoms with Gasteiger partial charge in [0.25, 0.3) is 0 Å². The summed E-state index contributed by atoms with van der Waals surface area (Å²) in [5, 5.41) is 12.3. The van der Waals surface area contributed by atoms with E-state index in [-0.39, 0.29) is 12.4 Å². The molecule has 18 heavy (non-hydrogen) atoms. The number of rotatable bonds is 5. The molecule has 1 fully saturated rings. The topological polar surface area (TPSA) is 45.0 Å². The van der Waals surface area contributed by atoms with Crippen LogP contribution in [0.2, 0.25) is 0 Å². The van der Waals surface area contributed by atoms with Crippen molar-refractivity contribution in [3.05, 3.63) is 29.8 Å². The molecule has 1 saturated carbocycles. The molecule has 0 heterocycles. The molecule has 1 aliphatic rings. The van der Waals surface area contributed by atoms with E-state index < -0.39 is 17.2 Å². The molecule has 0 aliphatic heterocycles. The van der Waals surface area contributed by atoms with Crippen molar-refractivity contribution in [1.82, 2.24) is 5.32 Å². The van der Waals surface area contributed by atoms with Gasteiger partial charge in [-0.15, -0.1) is 0 Å². The highest BCUT2D eigenvalue weighted by atomic mass is 19.1. The first kappa shape index (κ1) is 12.8. The minimum absolute atomic E-state index is 0.0445. The van der Waals surface area contributed by atoms with Gasteiger partial charge >= 0.3 is 0 Å². The molecule has 5 heteroatoms. The fourth-order valence-corrected chi connectivity index (χ4v) is 1.62. The Labute approximate surface area is 104 Å². The molecule has 0 spiro atoms. The summed E-state index contributed by atoms with van der Waals surface area (Å²) in [6.07, 6.45) is 2.09. The number of ether oxygens (including phenoxy) is 1. The Morgan fingerprint density at radius 2 is 2.00 bits per heavy atom. The predicted molar refractivity (Wildman–Crippen MR) is 62.0 cm³/mol. The Morgan fingerprint density at radius 1 is 1.39 bits per heavy atom. The second kappa shape index (κ2) is 4.91. The van der Waals surface area contributed by atoms with Crippen molar-refractivity contribution in [2.24, 2.45) is 0 Å². The second-order valence-corrected chi connectivity index (χ2v) is 4.76. The van der Waals surface area contributed by atoms with E-state index in [2.05, 4.69) is 11.4 Å². The van der Waals surface area contributed by atoms with Crippen LogP contribution in [0.25, 0.3) is 0 Å². The lowest BCUT2D eigenvalue weighted by molar-refractivity contribution is 0.231. The predicted octanol–water partition coefficient (Wildman–Crippen LogP) is 2.38. The number of hydrogen-bond acceptors (Lipinski definition) is 3. The molecule has 1 unspecified atom stereocenters. The first-order valence-corrected chi connectivity index (χ1v) is 5.79. The molecule has 1 N–H and O–H groups in total. The van der Waals surface area contributed by atoms with Crippen molar-refractivity contribution >= 4 is 0 Å². The van der Waals surface area contributed by atoms with Crippen LogP contribution in [0.4, 0.5) is 8.78 Å². The van der Waals surface area contributed by atoms with Crippen molar-refractivity contribution in [3.63, 3.8) is 0 Å². The van der Waals surface area contributed by atoms with E-state index in [9.17, 15) is 8.78 Å². The molecular weight excluding hydrogens is 238 g/mol. The molecule has 0 aromatic heterocycles. The fourth-order valence-electron chi connectivity index (χ4n) is 1.62. The molecule has 0 saturated heterocycles. The Hall–Kier alpha value is -1.67. The normalized spacial score (nSPS) is 17.9. The van der Waals surface area contributed by atoms with Gasteiger partial charge in [-0.05, 0) is 19.8 Å². The average Bonchev–Trinajstić information content (AvgIpc) is 3.09. The van der Waals surface area contributed by atoms with E-state index >= 15 is 0 Å². The lowest BCUT2D eigenvalue weighted by Crippen LogP contribution is -2.47. The van der Waals surface area contributed by atoms with Gasteiger partial charge in [0.05, 0.1) is 6.07 Å². The molecule has 3 nitrogen and oxygen atoms in total. The largest absolute Gasteiger partial charge is 0.490 e. The second-order valence-electron chi connectivity index (χ2n) is 4.76. The third-order valence-electron chi connectivity index (χ3n) is 2.71.